The zero-order valence-corrected chi connectivity index (χ0v) is 9.46. The Labute approximate surface area is 95.6 Å². The van der Waals surface area contributed by atoms with Crippen LogP contribution >= 0.6 is 11.6 Å². The molecule has 1 N–H and O–H groups in total. The van der Waals surface area contributed by atoms with Gasteiger partial charge in [0.1, 0.15) is 0 Å². The molecule has 0 spiro atoms. The van der Waals surface area contributed by atoms with Crippen LogP contribution in [0.1, 0.15) is 18.4 Å². The molecule has 1 heterocycles. The van der Waals surface area contributed by atoms with E-state index in [1.54, 1.807) is 0 Å². The van der Waals surface area contributed by atoms with Gasteiger partial charge in [-0.2, -0.15) is 0 Å². The highest BCUT2D eigenvalue weighted by atomic mass is 35.5. The fourth-order valence-corrected chi connectivity index (χ4v) is 1.91. The summed E-state index contributed by atoms with van der Waals surface area (Å²) in [6, 6.07) is 7.94. The van der Waals surface area contributed by atoms with E-state index in [9.17, 15) is 0 Å². The summed E-state index contributed by atoms with van der Waals surface area (Å²) in [7, 11) is 0. The third-order valence-corrected chi connectivity index (χ3v) is 2.89. The number of hydrogen-bond donors (Lipinski definition) is 1. The Morgan fingerprint density at radius 3 is 2.80 bits per heavy atom. The smallest absolute Gasteiger partial charge is 0.0700 e. The third-order valence-electron chi connectivity index (χ3n) is 2.64. The zero-order chi connectivity index (χ0) is 10.5. The van der Waals surface area contributed by atoms with E-state index in [1.165, 1.54) is 18.4 Å². The van der Waals surface area contributed by atoms with Crippen molar-refractivity contribution >= 4 is 11.6 Å². The highest BCUT2D eigenvalue weighted by Crippen LogP contribution is 2.12. The minimum absolute atomic E-state index is 0.414. The van der Waals surface area contributed by atoms with Crippen LogP contribution in [0.15, 0.2) is 24.3 Å². The minimum atomic E-state index is 0.414. The van der Waals surface area contributed by atoms with Gasteiger partial charge < -0.3 is 10.1 Å². The van der Waals surface area contributed by atoms with E-state index in [-0.39, 0.29) is 0 Å². The Balaban J connectivity index is 1.71. The molecule has 15 heavy (non-hydrogen) atoms. The highest BCUT2D eigenvalue weighted by Gasteiger charge is 2.14. The van der Waals surface area contributed by atoms with Gasteiger partial charge in [0, 0.05) is 24.7 Å². The first kappa shape index (κ1) is 10.9. The Hall–Kier alpha value is -0.570. The van der Waals surface area contributed by atoms with Gasteiger partial charge in [0.05, 0.1) is 6.10 Å². The summed E-state index contributed by atoms with van der Waals surface area (Å²) >= 11 is 5.81. The van der Waals surface area contributed by atoms with Gasteiger partial charge in [-0.3, -0.25) is 0 Å². The first-order chi connectivity index (χ1) is 7.34. The largest absolute Gasteiger partial charge is 0.377 e. The quantitative estimate of drug-likeness (QED) is 0.851. The normalized spacial score (nSPS) is 20.7. The molecule has 0 bridgehead atoms. The second-order valence-electron chi connectivity index (χ2n) is 3.89. The molecule has 0 saturated carbocycles. The molecule has 1 aromatic rings. The summed E-state index contributed by atoms with van der Waals surface area (Å²) in [5.74, 6) is 0. The first-order valence-electron chi connectivity index (χ1n) is 5.41. The third kappa shape index (κ3) is 3.49. The lowest BCUT2D eigenvalue weighted by atomic mass is 10.2. The number of rotatable bonds is 4. The van der Waals surface area contributed by atoms with Crippen LogP contribution in [0.5, 0.6) is 0 Å². The van der Waals surface area contributed by atoms with Crippen LogP contribution in [0.4, 0.5) is 0 Å². The van der Waals surface area contributed by atoms with Crippen molar-refractivity contribution in [1.82, 2.24) is 5.32 Å². The molecule has 2 rings (SSSR count). The second-order valence-corrected chi connectivity index (χ2v) is 4.33. The topological polar surface area (TPSA) is 21.3 Å². The van der Waals surface area contributed by atoms with Crippen LogP contribution < -0.4 is 5.32 Å². The molecule has 3 heteroatoms. The van der Waals surface area contributed by atoms with E-state index in [4.69, 9.17) is 16.3 Å². The molecule has 1 fully saturated rings. The Bertz CT molecular complexity index is 293. The Morgan fingerprint density at radius 1 is 1.33 bits per heavy atom. The van der Waals surface area contributed by atoms with Crippen LogP contribution in [0.3, 0.4) is 0 Å². The number of hydrogen-bond acceptors (Lipinski definition) is 2. The number of nitrogens with one attached hydrogen (secondary N) is 1. The molecule has 1 atom stereocenters. The molecule has 0 amide bonds. The predicted octanol–water partition coefficient (Wildman–Crippen LogP) is 2.61. The zero-order valence-electron chi connectivity index (χ0n) is 8.71. The molecule has 1 aliphatic rings. The number of halogens is 1. The van der Waals surface area contributed by atoms with Gasteiger partial charge in [-0.05, 0) is 30.5 Å². The summed E-state index contributed by atoms with van der Waals surface area (Å²) in [6.07, 6.45) is 2.80. The van der Waals surface area contributed by atoms with E-state index < -0.39 is 0 Å². The van der Waals surface area contributed by atoms with E-state index in [2.05, 4.69) is 5.32 Å². The van der Waals surface area contributed by atoms with Crippen molar-refractivity contribution < 1.29 is 4.74 Å². The average molecular weight is 226 g/mol. The molecule has 0 unspecified atom stereocenters. The molecule has 2 nitrogen and oxygen atoms in total. The second kappa shape index (κ2) is 5.50. The molecule has 0 radical (unpaired) electrons. The maximum Gasteiger partial charge on any atom is 0.0700 e. The van der Waals surface area contributed by atoms with Gasteiger partial charge in [0.2, 0.25) is 0 Å². The van der Waals surface area contributed by atoms with Crippen molar-refractivity contribution in [3.63, 3.8) is 0 Å². The van der Waals surface area contributed by atoms with Crippen LogP contribution in [-0.2, 0) is 11.3 Å². The van der Waals surface area contributed by atoms with E-state index in [1.807, 2.05) is 24.3 Å². The van der Waals surface area contributed by atoms with Gasteiger partial charge in [0.25, 0.3) is 0 Å². The summed E-state index contributed by atoms with van der Waals surface area (Å²) in [4.78, 5) is 0. The predicted molar refractivity (Wildman–Crippen MR) is 62.1 cm³/mol. The van der Waals surface area contributed by atoms with Crippen molar-refractivity contribution in [1.29, 1.82) is 0 Å². The summed E-state index contributed by atoms with van der Waals surface area (Å²) in [5.41, 5.74) is 1.26. The monoisotopic (exact) mass is 225 g/mol. The van der Waals surface area contributed by atoms with Crippen LogP contribution in [0, 0.1) is 0 Å². The van der Waals surface area contributed by atoms with Crippen molar-refractivity contribution in [2.75, 3.05) is 13.2 Å². The Kier molecular flexibility index (Phi) is 4.01. The molecular weight excluding hydrogens is 210 g/mol. The fourth-order valence-electron chi connectivity index (χ4n) is 1.79. The van der Waals surface area contributed by atoms with Crippen LogP contribution in [0.2, 0.25) is 5.02 Å². The van der Waals surface area contributed by atoms with E-state index >= 15 is 0 Å². The Morgan fingerprint density at radius 2 is 2.13 bits per heavy atom. The van der Waals surface area contributed by atoms with Gasteiger partial charge >= 0.3 is 0 Å². The lowest BCUT2D eigenvalue weighted by molar-refractivity contribution is 0.110. The molecule has 0 aromatic heterocycles. The first-order valence-corrected chi connectivity index (χ1v) is 5.79. The number of ether oxygens (including phenoxy) is 1. The summed E-state index contributed by atoms with van der Waals surface area (Å²) < 4.78 is 5.53. The molecule has 82 valence electrons. The molecule has 1 aromatic carbocycles. The van der Waals surface area contributed by atoms with Gasteiger partial charge in [0.15, 0.2) is 0 Å². The lowest BCUT2D eigenvalue weighted by Crippen LogP contribution is -2.25. The maximum atomic E-state index is 5.81. The maximum absolute atomic E-state index is 5.81. The fraction of sp³-hybridized carbons (Fsp3) is 0.500. The number of benzene rings is 1. The van der Waals surface area contributed by atoms with E-state index in [0.717, 1.165) is 24.7 Å². The van der Waals surface area contributed by atoms with Crippen molar-refractivity contribution in [3.8, 4) is 0 Å². The van der Waals surface area contributed by atoms with Crippen LogP contribution in [-0.4, -0.2) is 19.3 Å². The van der Waals surface area contributed by atoms with E-state index in [0.29, 0.717) is 6.10 Å². The molecular formula is C12H16ClNO. The van der Waals surface area contributed by atoms with Gasteiger partial charge in [-0.1, -0.05) is 23.7 Å². The molecule has 1 aliphatic heterocycles. The van der Waals surface area contributed by atoms with Crippen LogP contribution in [0.25, 0.3) is 0 Å². The summed E-state index contributed by atoms with van der Waals surface area (Å²) in [5, 5.41) is 4.18. The van der Waals surface area contributed by atoms with Crippen molar-refractivity contribution in [2.45, 2.75) is 25.5 Å². The lowest BCUT2D eigenvalue weighted by Gasteiger charge is -2.10. The van der Waals surface area contributed by atoms with Crippen molar-refractivity contribution in [3.05, 3.63) is 34.9 Å². The highest BCUT2D eigenvalue weighted by molar-refractivity contribution is 6.30. The summed E-state index contributed by atoms with van der Waals surface area (Å²) in [6.45, 7) is 2.76. The van der Waals surface area contributed by atoms with Gasteiger partial charge in [-0.15, -0.1) is 0 Å². The minimum Gasteiger partial charge on any atom is -0.377 e. The average Bonchev–Trinajstić information content (AvgIpc) is 2.74. The SMILES string of the molecule is Clc1ccc(CNC[C@H]2CCCO2)cc1. The molecule has 0 aliphatic carbocycles. The van der Waals surface area contributed by atoms with Gasteiger partial charge in [-0.25, -0.2) is 0 Å². The standard InChI is InChI=1S/C12H16ClNO/c13-11-5-3-10(4-6-11)8-14-9-12-2-1-7-15-12/h3-6,12,14H,1-2,7-9H2/t12-/m1/s1. The molecule has 1 saturated heterocycles. The van der Waals surface area contributed by atoms with Crippen molar-refractivity contribution in [2.24, 2.45) is 0 Å².